The number of urea groups is 1. The lowest BCUT2D eigenvalue weighted by molar-refractivity contribution is 0.188. The van der Waals surface area contributed by atoms with Crippen molar-refractivity contribution in [2.75, 3.05) is 80.6 Å². The number of piperazine rings is 2. The number of hydrogen-bond donors (Lipinski definition) is 2. The summed E-state index contributed by atoms with van der Waals surface area (Å²) in [5.41, 5.74) is 0.218. The highest BCUT2D eigenvalue weighted by Gasteiger charge is 2.23. The highest BCUT2D eigenvalue weighted by atomic mass is 19.2. The van der Waals surface area contributed by atoms with Crippen molar-refractivity contribution in [1.29, 1.82) is 0 Å². The second kappa shape index (κ2) is 10.0. The number of amides is 2. The van der Waals surface area contributed by atoms with Gasteiger partial charge in [-0.15, -0.1) is 10.2 Å². The fourth-order valence-corrected chi connectivity index (χ4v) is 3.91. The molecule has 0 saturated carbocycles. The van der Waals surface area contributed by atoms with E-state index in [0.29, 0.717) is 32.7 Å². The number of aromatic nitrogens is 2. The molecular weight excluding hydrogens is 420 g/mol. The van der Waals surface area contributed by atoms with Crippen molar-refractivity contribution in [3.05, 3.63) is 42.0 Å². The molecular formula is C21H27F2N7O2. The van der Waals surface area contributed by atoms with Crippen molar-refractivity contribution in [2.45, 2.75) is 0 Å². The minimum Gasteiger partial charge on any atom is -0.395 e. The van der Waals surface area contributed by atoms with Gasteiger partial charge in [-0.3, -0.25) is 4.90 Å². The summed E-state index contributed by atoms with van der Waals surface area (Å²) in [6, 6.07) is 6.84. The molecule has 0 atom stereocenters. The molecule has 4 rings (SSSR count). The van der Waals surface area contributed by atoms with E-state index >= 15 is 0 Å². The highest BCUT2D eigenvalue weighted by molar-refractivity contribution is 5.89. The third-order valence-corrected chi connectivity index (χ3v) is 5.81. The summed E-state index contributed by atoms with van der Waals surface area (Å²) in [5, 5.41) is 20.4. The Morgan fingerprint density at radius 3 is 2.00 bits per heavy atom. The summed E-state index contributed by atoms with van der Waals surface area (Å²) in [4.78, 5) is 20.5. The molecule has 2 aromatic rings. The fraction of sp³-hybridized carbons (Fsp3) is 0.476. The number of nitrogens with one attached hydrogen (secondary N) is 1. The zero-order valence-corrected chi connectivity index (χ0v) is 17.8. The van der Waals surface area contributed by atoms with Gasteiger partial charge in [-0.2, -0.15) is 0 Å². The van der Waals surface area contributed by atoms with Gasteiger partial charge in [0, 0.05) is 70.7 Å². The zero-order chi connectivity index (χ0) is 22.5. The molecule has 2 saturated heterocycles. The summed E-state index contributed by atoms with van der Waals surface area (Å²) < 4.78 is 26.4. The Morgan fingerprint density at radius 2 is 1.47 bits per heavy atom. The van der Waals surface area contributed by atoms with Crippen LogP contribution in [0.25, 0.3) is 0 Å². The second-order valence-electron chi connectivity index (χ2n) is 7.84. The molecule has 9 nitrogen and oxygen atoms in total. The average Bonchev–Trinajstić information content (AvgIpc) is 2.82. The third-order valence-electron chi connectivity index (χ3n) is 5.81. The first kappa shape index (κ1) is 22.2. The number of β-amino-alcohol motifs (C(OH)–C–C–N with tert-alkyl or cyclic N) is 1. The van der Waals surface area contributed by atoms with Gasteiger partial charge in [0.1, 0.15) is 0 Å². The Labute approximate surface area is 185 Å². The summed E-state index contributed by atoms with van der Waals surface area (Å²) in [5.74, 6) is -0.357. The maximum absolute atomic E-state index is 13.3. The molecule has 2 aliphatic rings. The molecule has 0 aliphatic carbocycles. The van der Waals surface area contributed by atoms with Gasteiger partial charge in [-0.05, 0) is 24.3 Å². The zero-order valence-electron chi connectivity index (χ0n) is 17.8. The lowest BCUT2D eigenvalue weighted by atomic mass is 10.3. The summed E-state index contributed by atoms with van der Waals surface area (Å²) >= 11 is 0. The first-order chi connectivity index (χ1) is 15.5. The average molecular weight is 447 g/mol. The molecule has 2 N–H and O–H groups in total. The monoisotopic (exact) mass is 447 g/mol. The fourth-order valence-electron chi connectivity index (χ4n) is 3.91. The maximum atomic E-state index is 13.3. The molecule has 32 heavy (non-hydrogen) atoms. The smallest absolute Gasteiger partial charge is 0.321 e. The minimum atomic E-state index is -0.998. The predicted octanol–water partition coefficient (Wildman–Crippen LogP) is 1.22. The van der Waals surface area contributed by atoms with E-state index in [9.17, 15) is 13.6 Å². The van der Waals surface area contributed by atoms with Gasteiger partial charge in [0.15, 0.2) is 23.3 Å². The van der Waals surface area contributed by atoms with Crippen LogP contribution < -0.4 is 15.1 Å². The maximum Gasteiger partial charge on any atom is 0.321 e. The molecule has 0 spiro atoms. The van der Waals surface area contributed by atoms with Crippen LogP contribution in [-0.2, 0) is 0 Å². The van der Waals surface area contributed by atoms with E-state index in [1.165, 1.54) is 6.07 Å². The van der Waals surface area contributed by atoms with E-state index in [0.717, 1.165) is 49.9 Å². The number of hydrogen-bond acceptors (Lipinski definition) is 7. The van der Waals surface area contributed by atoms with Crippen molar-refractivity contribution < 1.29 is 18.7 Å². The highest BCUT2D eigenvalue weighted by Crippen LogP contribution is 2.19. The number of anilines is 3. The second-order valence-corrected chi connectivity index (χ2v) is 7.84. The topological polar surface area (TPSA) is 88.1 Å². The lowest BCUT2D eigenvalue weighted by Crippen LogP contribution is -2.50. The van der Waals surface area contributed by atoms with Gasteiger partial charge in [-0.25, -0.2) is 13.6 Å². The Morgan fingerprint density at radius 1 is 0.875 bits per heavy atom. The molecule has 1 aromatic carbocycles. The van der Waals surface area contributed by atoms with Crippen LogP contribution in [0.15, 0.2) is 30.3 Å². The number of carbonyl (C=O) groups is 1. The molecule has 0 unspecified atom stereocenters. The van der Waals surface area contributed by atoms with Gasteiger partial charge < -0.3 is 25.1 Å². The molecule has 2 fully saturated rings. The van der Waals surface area contributed by atoms with Crippen LogP contribution in [0.3, 0.4) is 0 Å². The summed E-state index contributed by atoms with van der Waals surface area (Å²) in [6.45, 7) is 6.49. The number of carbonyl (C=O) groups excluding carboxylic acids is 1. The van der Waals surface area contributed by atoms with Crippen molar-refractivity contribution >= 4 is 23.4 Å². The number of benzene rings is 1. The SMILES string of the molecule is O=C(Nc1ccc(F)c(F)c1)N1CCN(c2ccc(N3CCN(CCO)CC3)nn2)CC1. The molecule has 2 amide bonds. The number of halogens is 2. The van der Waals surface area contributed by atoms with Crippen LogP contribution in [0, 0.1) is 11.6 Å². The molecule has 11 heteroatoms. The van der Waals surface area contributed by atoms with Gasteiger partial charge in [-0.1, -0.05) is 0 Å². The van der Waals surface area contributed by atoms with Crippen molar-refractivity contribution in [2.24, 2.45) is 0 Å². The quantitative estimate of drug-likeness (QED) is 0.713. The largest absolute Gasteiger partial charge is 0.395 e. The molecule has 0 radical (unpaired) electrons. The Bertz CT molecular complexity index is 915. The van der Waals surface area contributed by atoms with Crippen LogP contribution >= 0.6 is 0 Å². The van der Waals surface area contributed by atoms with E-state index in [4.69, 9.17) is 5.11 Å². The number of aliphatic hydroxyl groups excluding tert-OH is 1. The Hall–Kier alpha value is -3.05. The van der Waals surface area contributed by atoms with Crippen LogP contribution in [0.5, 0.6) is 0 Å². The first-order valence-corrected chi connectivity index (χ1v) is 10.7. The van der Waals surface area contributed by atoms with Crippen molar-refractivity contribution in [3.8, 4) is 0 Å². The van der Waals surface area contributed by atoms with E-state index in [-0.39, 0.29) is 18.3 Å². The molecule has 172 valence electrons. The Kier molecular flexibility index (Phi) is 6.96. The molecule has 3 heterocycles. The van der Waals surface area contributed by atoms with Crippen LogP contribution in [0.1, 0.15) is 0 Å². The van der Waals surface area contributed by atoms with Gasteiger partial charge in [0.05, 0.1) is 6.61 Å². The van der Waals surface area contributed by atoms with E-state index in [1.54, 1.807) is 4.90 Å². The van der Waals surface area contributed by atoms with Gasteiger partial charge >= 0.3 is 6.03 Å². The van der Waals surface area contributed by atoms with E-state index in [2.05, 4.69) is 30.2 Å². The van der Waals surface area contributed by atoms with E-state index in [1.807, 2.05) is 12.1 Å². The predicted molar refractivity (Wildman–Crippen MR) is 117 cm³/mol. The van der Waals surface area contributed by atoms with Crippen molar-refractivity contribution in [1.82, 2.24) is 20.0 Å². The van der Waals surface area contributed by atoms with Crippen LogP contribution in [-0.4, -0.2) is 96.6 Å². The number of rotatable bonds is 5. The number of nitrogens with zero attached hydrogens (tertiary/aromatic N) is 6. The molecule has 0 bridgehead atoms. The first-order valence-electron chi connectivity index (χ1n) is 10.7. The van der Waals surface area contributed by atoms with Crippen LogP contribution in [0.2, 0.25) is 0 Å². The van der Waals surface area contributed by atoms with Gasteiger partial charge in [0.2, 0.25) is 0 Å². The van der Waals surface area contributed by atoms with Crippen LogP contribution in [0.4, 0.5) is 30.9 Å². The normalized spacial score (nSPS) is 17.5. The standard InChI is InChI=1S/C21H27F2N7O2/c22-17-2-1-16(15-18(17)23)24-21(32)30-11-9-29(10-12-30)20-4-3-19(25-26-20)28-7-5-27(6-8-28)13-14-31/h1-4,15,31H,5-14H2,(H,24,32). The summed E-state index contributed by atoms with van der Waals surface area (Å²) in [7, 11) is 0. The van der Waals surface area contributed by atoms with Gasteiger partial charge in [0.25, 0.3) is 0 Å². The molecule has 1 aromatic heterocycles. The minimum absolute atomic E-state index is 0.175. The number of aliphatic hydroxyl groups is 1. The van der Waals surface area contributed by atoms with Crippen molar-refractivity contribution in [3.63, 3.8) is 0 Å². The lowest BCUT2D eigenvalue weighted by Gasteiger charge is -2.36. The summed E-state index contributed by atoms with van der Waals surface area (Å²) in [6.07, 6.45) is 0. The molecule has 2 aliphatic heterocycles. The van der Waals surface area contributed by atoms with E-state index < -0.39 is 11.6 Å². The third kappa shape index (κ3) is 5.22. The Balaban J connectivity index is 1.27.